The Balaban J connectivity index is 0. The number of alkyl halides is 1. The van der Waals surface area contributed by atoms with Crippen molar-refractivity contribution in [3.63, 3.8) is 0 Å². The van der Waals surface area contributed by atoms with E-state index in [9.17, 15) is 4.79 Å². The number of rotatable bonds is 3. The van der Waals surface area contributed by atoms with Crippen LogP contribution in [-0.4, -0.2) is 43.2 Å². The van der Waals surface area contributed by atoms with Crippen LogP contribution >= 0.6 is 15.9 Å². The number of nitrogens with zero attached hydrogens (tertiary/aromatic N) is 1. The van der Waals surface area contributed by atoms with Gasteiger partial charge in [0.2, 0.25) is 5.01 Å². The van der Waals surface area contributed by atoms with E-state index in [1.807, 2.05) is 21.1 Å². The summed E-state index contributed by atoms with van der Waals surface area (Å²) in [5, 5.41) is -0.181. The van der Waals surface area contributed by atoms with E-state index in [-0.39, 0.29) is 28.0 Å². The van der Waals surface area contributed by atoms with E-state index in [0.717, 1.165) is 11.0 Å². The molecule has 0 amide bonds. The van der Waals surface area contributed by atoms with Gasteiger partial charge in [-0.15, -0.1) is 0 Å². The summed E-state index contributed by atoms with van der Waals surface area (Å²) in [6, 6.07) is 0. The molecule has 0 aliphatic carbocycles. The lowest BCUT2D eigenvalue weighted by Gasteiger charge is -2.25. The smallest absolute Gasteiger partial charge is 0.303 e. The van der Waals surface area contributed by atoms with Crippen molar-refractivity contribution in [2.45, 2.75) is 11.9 Å². The molecule has 0 aromatic carbocycles. The molecule has 0 radical (unpaired) electrons. The number of esters is 1. The maximum Gasteiger partial charge on any atom is 0.303 e. The molecule has 1 unspecified atom stereocenters. The molecular weight excluding hydrogens is 290 g/mol. The molecule has 0 aromatic heterocycles. The SMILES string of the molecule is CC(=O)OC(Br)C[N+](C)(C)C.[Br-]. The molecule has 0 spiro atoms. The fourth-order valence-corrected chi connectivity index (χ4v) is 1.78. The van der Waals surface area contributed by atoms with Crippen molar-refractivity contribution < 1.29 is 31.0 Å². The number of quaternary nitrogens is 1. The second-order valence-electron chi connectivity index (χ2n) is 3.49. The van der Waals surface area contributed by atoms with Gasteiger partial charge >= 0.3 is 5.97 Å². The van der Waals surface area contributed by atoms with Crippen molar-refractivity contribution in [2.75, 3.05) is 27.7 Å². The number of carbonyl (C=O) groups is 1. The molecule has 0 rings (SSSR count). The van der Waals surface area contributed by atoms with E-state index in [2.05, 4.69) is 15.9 Å². The molecule has 0 fully saturated rings. The Kier molecular flexibility index (Phi) is 7.37. The minimum atomic E-state index is -0.250. The summed E-state index contributed by atoms with van der Waals surface area (Å²) in [5.74, 6) is -0.250. The lowest BCUT2D eigenvalue weighted by atomic mass is 10.5. The van der Waals surface area contributed by atoms with E-state index >= 15 is 0 Å². The molecule has 74 valence electrons. The van der Waals surface area contributed by atoms with Gasteiger partial charge in [-0.2, -0.15) is 0 Å². The summed E-state index contributed by atoms with van der Waals surface area (Å²) in [7, 11) is 6.12. The van der Waals surface area contributed by atoms with E-state index in [4.69, 9.17) is 4.74 Å². The Hall–Kier alpha value is 0.390. The van der Waals surface area contributed by atoms with Gasteiger partial charge in [0.1, 0.15) is 6.54 Å². The Bertz CT molecular complexity index is 145. The van der Waals surface area contributed by atoms with Crippen molar-refractivity contribution in [1.82, 2.24) is 0 Å². The number of halogens is 2. The van der Waals surface area contributed by atoms with E-state index in [1.165, 1.54) is 6.92 Å². The monoisotopic (exact) mass is 303 g/mol. The van der Waals surface area contributed by atoms with Gasteiger partial charge in [0.25, 0.3) is 0 Å². The number of likely N-dealkylation sites (N-methyl/N-ethyl adjacent to an activating group) is 1. The first kappa shape index (κ1) is 14.9. The van der Waals surface area contributed by atoms with Gasteiger partial charge in [-0.3, -0.25) is 4.79 Å². The summed E-state index contributed by atoms with van der Waals surface area (Å²) in [6.45, 7) is 2.17. The number of hydrogen-bond acceptors (Lipinski definition) is 2. The summed E-state index contributed by atoms with van der Waals surface area (Å²) in [5.41, 5.74) is 0. The topological polar surface area (TPSA) is 26.3 Å². The average molecular weight is 305 g/mol. The predicted molar refractivity (Wildman–Crippen MR) is 47.4 cm³/mol. The third-order valence-corrected chi connectivity index (χ3v) is 1.46. The molecule has 0 saturated carbocycles. The van der Waals surface area contributed by atoms with Gasteiger partial charge in [0.15, 0.2) is 0 Å². The average Bonchev–Trinajstić information content (AvgIpc) is 1.53. The Morgan fingerprint density at radius 3 is 2.17 bits per heavy atom. The van der Waals surface area contributed by atoms with Crippen LogP contribution in [-0.2, 0) is 9.53 Å². The largest absolute Gasteiger partial charge is 1.00 e. The van der Waals surface area contributed by atoms with Crippen molar-refractivity contribution in [1.29, 1.82) is 0 Å². The van der Waals surface area contributed by atoms with Crippen molar-refractivity contribution >= 4 is 21.9 Å². The van der Waals surface area contributed by atoms with Crippen LogP contribution in [0.1, 0.15) is 6.92 Å². The standard InChI is InChI=1S/C7H15BrNO2.BrH/c1-6(10)11-7(8)5-9(2,3)4;/h7H,5H2,1-4H3;1H/q+1;/p-1. The Morgan fingerprint density at radius 1 is 1.50 bits per heavy atom. The Morgan fingerprint density at radius 2 is 1.92 bits per heavy atom. The van der Waals surface area contributed by atoms with Gasteiger partial charge < -0.3 is 26.2 Å². The van der Waals surface area contributed by atoms with Gasteiger partial charge in [-0.25, -0.2) is 0 Å². The highest BCUT2D eigenvalue weighted by Gasteiger charge is 2.16. The van der Waals surface area contributed by atoms with Crippen LogP contribution in [0, 0.1) is 0 Å². The molecule has 12 heavy (non-hydrogen) atoms. The fraction of sp³-hybridized carbons (Fsp3) is 0.857. The summed E-state index contributed by atoms with van der Waals surface area (Å²) < 4.78 is 5.66. The van der Waals surface area contributed by atoms with Crippen LogP contribution in [0.4, 0.5) is 0 Å². The molecular formula is C7H15Br2NO2. The molecule has 3 nitrogen and oxygen atoms in total. The molecule has 0 aliphatic rings. The quantitative estimate of drug-likeness (QED) is 0.342. The maximum atomic E-state index is 10.5. The number of carbonyl (C=O) groups excluding carboxylic acids is 1. The molecule has 0 aromatic rings. The second kappa shape index (κ2) is 5.94. The molecule has 1 atom stereocenters. The fourth-order valence-electron chi connectivity index (χ4n) is 0.648. The van der Waals surface area contributed by atoms with Gasteiger partial charge in [0, 0.05) is 6.92 Å². The van der Waals surface area contributed by atoms with Crippen LogP contribution in [0.2, 0.25) is 0 Å². The number of hydrogen-bond donors (Lipinski definition) is 0. The highest BCUT2D eigenvalue weighted by molar-refractivity contribution is 9.09. The minimum absolute atomic E-state index is 0. The first-order valence-corrected chi connectivity index (χ1v) is 4.34. The summed E-state index contributed by atoms with van der Waals surface area (Å²) in [4.78, 5) is 10.5. The number of ether oxygens (including phenoxy) is 1. The first-order chi connectivity index (χ1) is 4.81. The van der Waals surface area contributed by atoms with Crippen LogP contribution in [0.15, 0.2) is 0 Å². The predicted octanol–water partition coefficient (Wildman–Crippen LogP) is -2.02. The molecule has 0 heterocycles. The zero-order chi connectivity index (χ0) is 9.07. The normalized spacial score (nSPS) is 13.1. The highest BCUT2D eigenvalue weighted by Crippen LogP contribution is 2.06. The Labute approximate surface area is 92.6 Å². The summed E-state index contributed by atoms with van der Waals surface area (Å²) >= 11 is 3.26. The first-order valence-electron chi connectivity index (χ1n) is 3.43. The highest BCUT2D eigenvalue weighted by atomic mass is 79.9. The third-order valence-electron chi connectivity index (χ3n) is 0.985. The molecule has 0 saturated heterocycles. The molecule has 0 bridgehead atoms. The zero-order valence-corrected chi connectivity index (χ0v) is 11.0. The lowest BCUT2D eigenvalue weighted by Crippen LogP contribution is -3.00. The van der Waals surface area contributed by atoms with E-state index in [0.29, 0.717) is 0 Å². The molecule has 0 aliphatic heterocycles. The third kappa shape index (κ3) is 10.4. The van der Waals surface area contributed by atoms with Crippen LogP contribution in [0.25, 0.3) is 0 Å². The van der Waals surface area contributed by atoms with Gasteiger partial charge in [0.05, 0.1) is 21.1 Å². The molecule has 0 N–H and O–H groups in total. The van der Waals surface area contributed by atoms with Gasteiger partial charge in [-0.1, -0.05) is 0 Å². The molecule has 5 heteroatoms. The maximum absolute atomic E-state index is 10.5. The van der Waals surface area contributed by atoms with Crippen LogP contribution in [0.3, 0.4) is 0 Å². The minimum Gasteiger partial charge on any atom is -1.00 e. The van der Waals surface area contributed by atoms with Gasteiger partial charge in [-0.05, 0) is 15.9 Å². The van der Waals surface area contributed by atoms with Crippen LogP contribution in [0.5, 0.6) is 0 Å². The van der Waals surface area contributed by atoms with E-state index < -0.39 is 0 Å². The van der Waals surface area contributed by atoms with Crippen molar-refractivity contribution in [3.8, 4) is 0 Å². The second-order valence-corrected chi connectivity index (χ2v) is 4.51. The van der Waals surface area contributed by atoms with Crippen molar-refractivity contribution in [2.24, 2.45) is 0 Å². The van der Waals surface area contributed by atoms with Crippen molar-refractivity contribution in [3.05, 3.63) is 0 Å². The zero-order valence-electron chi connectivity index (χ0n) is 7.80. The summed E-state index contributed by atoms with van der Waals surface area (Å²) in [6.07, 6.45) is 0. The lowest BCUT2D eigenvalue weighted by molar-refractivity contribution is -0.871. The van der Waals surface area contributed by atoms with Crippen LogP contribution < -0.4 is 17.0 Å². The van der Waals surface area contributed by atoms with E-state index in [1.54, 1.807) is 0 Å².